The summed E-state index contributed by atoms with van der Waals surface area (Å²) in [6, 6.07) is 2.45. The maximum absolute atomic E-state index is 14.3. The molecule has 1 aromatic carbocycles. The van der Waals surface area contributed by atoms with Gasteiger partial charge in [-0.1, -0.05) is 0 Å². The van der Waals surface area contributed by atoms with Crippen LogP contribution >= 0.6 is 12.4 Å². The minimum Gasteiger partial charge on any atom is -0.493 e. The van der Waals surface area contributed by atoms with Crippen molar-refractivity contribution in [2.45, 2.75) is 12.8 Å². The van der Waals surface area contributed by atoms with Gasteiger partial charge in [0.2, 0.25) is 5.91 Å². The first kappa shape index (κ1) is 22.0. The molecule has 1 aromatic rings. The monoisotopic (exact) mass is 389 g/mol. The smallest absolute Gasteiger partial charge is 0.256 e. The zero-order valence-electron chi connectivity index (χ0n) is 14.9. The largest absolute Gasteiger partial charge is 0.493 e. The normalized spacial score (nSPS) is 16.5. The molecule has 1 unspecified atom stereocenters. The third-order valence-electron chi connectivity index (χ3n) is 4.23. The first-order valence-corrected chi connectivity index (χ1v) is 8.20. The van der Waals surface area contributed by atoms with Crippen LogP contribution < -0.4 is 20.5 Å². The third-order valence-corrected chi connectivity index (χ3v) is 4.23. The Hall–Kier alpha value is -2.06. The average Bonchev–Trinajstić information content (AvgIpc) is 2.65. The van der Waals surface area contributed by atoms with Gasteiger partial charge in [-0.05, 0) is 18.9 Å². The van der Waals surface area contributed by atoms with Crippen LogP contribution in [0.5, 0.6) is 11.5 Å². The Morgan fingerprint density at radius 2 is 1.96 bits per heavy atom. The minimum absolute atomic E-state index is 0. The predicted octanol–water partition coefficient (Wildman–Crippen LogP) is 1.19. The Morgan fingerprint density at radius 3 is 2.58 bits per heavy atom. The number of nitrogens with zero attached hydrogens (tertiary/aromatic N) is 1. The van der Waals surface area contributed by atoms with Crippen LogP contribution in [0.25, 0.3) is 0 Å². The molecule has 1 heterocycles. The highest BCUT2D eigenvalue weighted by atomic mass is 35.5. The molecule has 0 bridgehead atoms. The number of rotatable bonds is 6. The van der Waals surface area contributed by atoms with Crippen molar-refractivity contribution in [1.29, 1.82) is 0 Å². The second-order valence-electron chi connectivity index (χ2n) is 5.86. The number of hydrogen-bond acceptors (Lipinski definition) is 5. The van der Waals surface area contributed by atoms with Crippen LogP contribution in [0.4, 0.5) is 4.39 Å². The number of methoxy groups -OCH3 is 2. The molecule has 0 aliphatic carbocycles. The molecule has 1 fully saturated rings. The number of carbonyl (C=O) groups is 2. The highest BCUT2D eigenvalue weighted by Crippen LogP contribution is 2.31. The Labute approximate surface area is 158 Å². The lowest BCUT2D eigenvalue weighted by Crippen LogP contribution is -2.46. The van der Waals surface area contributed by atoms with Gasteiger partial charge in [-0.15, -0.1) is 12.4 Å². The van der Waals surface area contributed by atoms with Crippen molar-refractivity contribution < 1.29 is 23.5 Å². The number of nitrogens with two attached hydrogens (primary N) is 1. The number of nitrogens with one attached hydrogen (secondary N) is 1. The fourth-order valence-electron chi connectivity index (χ4n) is 2.90. The molecule has 1 aliphatic rings. The van der Waals surface area contributed by atoms with Crippen molar-refractivity contribution in [3.63, 3.8) is 0 Å². The molecule has 2 rings (SSSR count). The van der Waals surface area contributed by atoms with E-state index in [1.54, 1.807) is 0 Å². The van der Waals surface area contributed by atoms with Crippen LogP contribution in [0.15, 0.2) is 12.1 Å². The molecule has 9 heteroatoms. The molecule has 0 saturated carbocycles. The molecule has 2 amide bonds. The summed E-state index contributed by atoms with van der Waals surface area (Å²) in [7, 11) is 2.82. The van der Waals surface area contributed by atoms with Gasteiger partial charge in [0.05, 0.1) is 25.7 Å². The molecule has 1 aliphatic heterocycles. The molecular formula is C17H25ClFN3O4. The number of ether oxygens (including phenoxy) is 2. The molecule has 26 heavy (non-hydrogen) atoms. The zero-order valence-corrected chi connectivity index (χ0v) is 15.7. The minimum atomic E-state index is -0.683. The lowest BCUT2D eigenvalue weighted by Gasteiger charge is -2.32. The van der Waals surface area contributed by atoms with Gasteiger partial charge in [-0.2, -0.15) is 0 Å². The average molecular weight is 390 g/mol. The summed E-state index contributed by atoms with van der Waals surface area (Å²) >= 11 is 0. The lowest BCUT2D eigenvalue weighted by atomic mass is 9.96. The molecule has 146 valence electrons. The van der Waals surface area contributed by atoms with Gasteiger partial charge < -0.3 is 25.4 Å². The first-order valence-electron chi connectivity index (χ1n) is 8.20. The van der Waals surface area contributed by atoms with Crippen LogP contribution in [0.2, 0.25) is 0 Å². The summed E-state index contributed by atoms with van der Waals surface area (Å²) in [5.74, 6) is -1.09. The van der Waals surface area contributed by atoms with E-state index >= 15 is 0 Å². The predicted molar refractivity (Wildman–Crippen MR) is 97.4 cm³/mol. The lowest BCUT2D eigenvalue weighted by molar-refractivity contribution is -0.126. The fraction of sp³-hybridized carbons (Fsp3) is 0.529. The second kappa shape index (κ2) is 10.2. The molecule has 3 N–H and O–H groups in total. The molecule has 1 atom stereocenters. The second-order valence-corrected chi connectivity index (χ2v) is 5.86. The van der Waals surface area contributed by atoms with E-state index in [4.69, 9.17) is 15.2 Å². The molecule has 1 saturated heterocycles. The van der Waals surface area contributed by atoms with Crippen LogP contribution in [0.1, 0.15) is 23.2 Å². The van der Waals surface area contributed by atoms with Crippen LogP contribution in [-0.4, -0.2) is 57.1 Å². The number of hydrogen-bond donors (Lipinski definition) is 2. The number of halogens is 2. The summed E-state index contributed by atoms with van der Waals surface area (Å²) in [4.78, 5) is 26.3. The number of piperidine rings is 1. The van der Waals surface area contributed by atoms with Gasteiger partial charge in [0, 0.05) is 32.2 Å². The first-order chi connectivity index (χ1) is 12.0. The fourth-order valence-corrected chi connectivity index (χ4v) is 2.90. The number of carbonyl (C=O) groups excluding carboxylic acids is 2. The molecular weight excluding hydrogens is 365 g/mol. The highest BCUT2D eigenvalue weighted by Gasteiger charge is 2.30. The Morgan fingerprint density at radius 1 is 1.31 bits per heavy atom. The summed E-state index contributed by atoms with van der Waals surface area (Å²) < 4.78 is 24.5. The van der Waals surface area contributed by atoms with Crippen LogP contribution in [0.3, 0.4) is 0 Å². The maximum Gasteiger partial charge on any atom is 0.256 e. The zero-order chi connectivity index (χ0) is 18.4. The van der Waals surface area contributed by atoms with Gasteiger partial charge in [-0.25, -0.2) is 4.39 Å². The van der Waals surface area contributed by atoms with Gasteiger partial charge >= 0.3 is 0 Å². The van der Waals surface area contributed by atoms with Crippen molar-refractivity contribution >= 4 is 24.2 Å². The van der Waals surface area contributed by atoms with E-state index in [1.807, 2.05) is 0 Å². The van der Waals surface area contributed by atoms with Crippen LogP contribution in [-0.2, 0) is 4.79 Å². The van der Waals surface area contributed by atoms with Crippen molar-refractivity contribution in [3.8, 4) is 11.5 Å². The quantitative estimate of drug-likeness (QED) is 0.762. The summed E-state index contributed by atoms with van der Waals surface area (Å²) in [6.07, 6.45) is 1.37. The summed E-state index contributed by atoms with van der Waals surface area (Å²) in [5.41, 5.74) is 5.29. The van der Waals surface area contributed by atoms with E-state index in [1.165, 1.54) is 25.2 Å². The van der Waals surface area contributed by atoms with Gasteiger partial charge in [-0.3, -0.25) is 9.59 Å². The van der Waals surface area contributed by atoms with E-state index in [2.05, 4.69) is 5.32 Å². The Bertz CT molecular complexity index is 645. The topological polar surface area (TPSA) is 93.9 Å². The molecule has 0 aromatic heterocycles. The number of likely N-dealkylation sites (tertiary alicyclic amines) is 1. The highest BCUT2D eigenvalue weighted by molar-refractivity contribution is 5.95. The van der Waals surface area contributed by atoms with E-state index in [0.29, 0.717) is 32.5 Å². The van der Waals surface area contributed by atoms with E-state index < -0.39 is 11.7 Å². The number of benzene rings is 1. The van der Waals surface area contributed by atoms with E-state index in [9.17, 15) is 14.0 Å². The Balaban J connectivity index is 0.00000338. The maximum atomic E-state index is 14.3. The molecule has 7 nitrogen and oxygen atoms in total. The standard InChI is InChI=1S/C17H24FN3O4.ClH/c1-24-14-8-12(13(18)9-15(14)25-2)17(23)21-7-3-4-11(10-21)16(22)20-6-5-19;/h8-9,11H,3-7,10,19H2,1-2H3,(H,20,22);1H. The van der Waals surface area contributed by atoms with Crippen molar-refractivity contribution in [3.05, 3.63) is 23.5 Å². The van der Waals surface area contributed by atoms with E-state index in [0.717, 1.165) is 6.07 Å². The SMILES string of the molecule is COc1cc(F)c(C(=O)N2CCCC(C(=O)NCCN)C2)cc1OC.Cl. The number of amides is 2. The van der Waals surface area contributed by atoms with Crippen molar-refractivity contribution in [2.24, 2.45) is 11.7 Å². The van der Waals surface area contributed by atoms with E-state index in [-0.39, 0.29) is 47.8 Å². The molecule has 0 radical (unpaired) electrons. The summed E-state index contributed by atoms with van der Waals surface area (Å²) in [6.45, 7) is 1.49. The van der Waals surface area contributed by atoms with Gasteiger partial charge in [0.25, 0.3) is 5.91 Å². The Kier molecular flexibility index (Phi) is 8.60. The van der Waals surface area contributed by atoms with Gasteiger partial charge in [0.1, 0.15) is 5.82 Å². The van der Waals surface area contributed by atoms with Crippen molar-refractivity contribution in [1.82, 2.24) is 10.2 Å². The summed E-state index contributed by atoms with van der Waals surface area (Å²) in [5, 5.41) is 2.73. The van der Waals surface area contributed by atoms with Gasteiger partial charge in [0.15, 0.2) is 11.5 Å². The molecule has 0 spiro atoms. The van der Waals surface area contributed by atoms with Crippen LogP contribution in [0, 0.1) is 11.7 Å². The third kappa shape index (κ3) is 4.98. The van der Waals surface area contributed by atoms with Crippen molar-refractivity contribution in [2.75, 3.05) is 40.4 Å².